The number of hydrogen-bond acceptors (Lipinski definition) is 6. The molecule has 0 radical (unpaired) electrons. The van der Waals surface area contributed by atoms with Crippen LogP contribution in [0.2, 0.25) is 0 Å². The van der Waals surface area contributed by atoms with Crippen molar-refractivity contribution in [1.82, 2.24) is 20.2 Å². The van der Waals surface area contributed by atoms with Gasteiger partial charge in [0.05, 0.1) is 14.2 Å². The van der Waals surface area contributed by atoms with Crippen LogP contribution in [0.4, 0.5) is 5.95 Å². The van der Waals surface area contributed by atoms with Crippen molar-refractivity contribution in [2.45, 2.75) is 19.3 Å². The molecular weight excluding hydrogens is 380 g/mol. The number of ether oxygens (including phenoxy) is 2. The normalized spacial score (nSPS) is 15.2. The number of hydrogen-bond donors (Lipinski definition) is 1. The molecule has 162 valence electrons. The third-order valence-corrected chi connectivity index (χ3v) is 5.48. The number of nitrogens with one attached hydrogen (secondary N) is 1. The Kier molecular flexibility index (Phi) is 6.97. The molecule has 8 heteroatoms. The highest BCUT2D eigenvalue weighted by Gasteiger charge is 2.25. The van der Waals surface area contributed by atoms with E-state index in [4.69, 9.17) is 9.47 Å². The molecule has 1 aliphatic heterocycles. The minimum Gasteiger partial charge on any atom is -0.493 e. The van der Waals surface area contributed by atoms with Crippen molar-refractivity contribution < 1.29 is 9.47 Å². The van der Waals surface area contributed by atoms with Gasteiger partial charge in [0.15, 0.2) is 17.5 Å². The Morgan fingerprint density at radius 3 is 2.33 bits per heavy atom. The van der Waals surface area contributed by atoms with Crippen LogP contribution in [-0.2, 0) is 5.41 Å². The Hall–Kier alpha value is -3.03. The Labute approximate surface area is 178 Å². The monoisotopic (exact) mass is 412 g/mol. The fraction of sp³-hybridized carbons (Fsp3) is 0.500. The second-order valence-corrected chi connectivity index (χ2v) is 7.88. The first-order valence-electron chi connectivity index (χ1n) is 10.2. The number of methoxy groups -OCH3 is 2. The number of nitrogens with zero attached hydrogens (tertiary/aromatic N) is 5. The topological polar surface area (TPSA) is 75.1 Å². The lowest BCUT2D eigenvalue weighted by atomic mass is 9.84. The largest absolute Gasteiger partial charge is 0.493 e. The van der Waals surface area contributed by atoms with Gasteiger partial charge in [0, 0.05) is 57.6 Å². The van der Waals surface area contributed by atoms with Crippen LogP contribution in [-0.4, -0.2) is 74.8 Å². The molecule has 0 bridgehead atoms. The lowest BCUT2D eigenvalue weighted by molar-refractivity contribution is 0.352. The van der Waals surface area contributed by atoms with Crippen molar-refractivity contribution in [2.24, 2.45) is 4.99 Å². The standard InChI is InChI=1S/C22H32N6O2/c1-22(2,17-7-8-18(29-4)19(15-17)30-5)16-26-20(23-3)27-11-13-28(14-12-27)21-24-9-6-10-25-21/h6-10,15H,11-14,16H2,1-5H3,(H,23,26). The molecule has 0 spiro atoms. The van der Waals surface area contributed by atoms with Crippen molar-refractivity contribution in [3.63, 3.8) is 0 Å². The van der Waals surface area contributed by atoms with Gasteiger partial charge in [-0.05, 0) is 23.8 Å². The smallest absolute Gasteiger partial charge is 0.225 e. The molecule has 0 aliphatic carbocycles. The molecule has 8 nitrogen and oxygen atoms in total. The number of guanidine groups is 1. The molecule has 1 aliphatic rings. The third-order valence-electron chi connectivity index (χ3n) is 5.48. The van der Waals surface area contributed by atoms with Gasteiger partial charge >= 0.3 is 0 Å². The van der Waals surface area contributed by atoms with Crippen LogP contribution in [0.5, 0.6) is 11.5 Å². The van der Waals surface area contributed by atoms with Gasteiger partial charge in [-0.1, -0.05) is 19.9 Å². The molecule has 2 heterocycles. The fourth-order valence-electron chi connectivity index (χ4n) is 3.56. The zero-order valence-corrected chi connectivity index (χ0v) is 18.6. The van der Waals surface area contributed by atoms with E-state index < -0.39 is 0 Å². The average molecular weight is 413 g/mol. The van der Waals surface area contributed by atoms with E-state index in [1.165, 1.54) is 5.56 Å². The number of piperazine rings is 1. The summed E-state index contributed by atoms with van der Waals surface area (Å²) in [5, 5.41) is 3.55. The summed E-state index contributed by atoms with van der Waals surface area (Å²) in [7, 11) is 5.14. The quantitative estimate of drug-likeness (QED) is 0.576. The Morgan fingerprint density at radius 2 is 1.73 bits per heavy atom. The van der Waals surface area contributed by atoms with E-state index in [0.717, 1.165) is 56.1 Å². The Balaban J connectivity index is 1.60. The van der Waals surface area contributed by atoms with Crippen molar-refractivity contribution >= 4 is 11.9 Å². The molecular formula is C22H32N6O2. The minimum absolute atomic E-state index is 0.116. The predicted molar refractivity (Wildman–Crippen MR) is 120 cm³/mol. The molecule has 0 unspecified atom stereocenters. The molecule has 2 aromatic rings. The summed E-state index contributed by atoms with van der Waals surface area (Å²) < 4.78 is 10.8. The van der Waals surface area contributed by atoms with Crippen molar-refractivity contribution in [2.75, 3.05) is 58.9 Å². The number of anilines is 1. The van der Waals surface area contributed by atoms with Crippen LogP contribution < -0.4 is 19.7 Å². The van der Waals surface area contributed by atoms with Crippen LogP contribution in [0.3, 0.4) is 0 Å². The summed E-state index contributed by atoms with van der Waals surface area (Å²) in [5.74, 6) is 3.18. The van der Waals surface area contributed by atoms with Gasteiger partial charge in [-0.3, -0.25) is 4.99 Å². The number of aliphatic imine (C=N–C) groups is 1. The molecule has 1 aromatic carbocycles. The number of rotatable bonds is 6. The van der Waals surface area contributed by atoms with E-state index in [1.807, 2.05) is 25.2 Å². The van der Waals surface area contributed by atoms with Gasteiger partial charge in [0.2, 0.25) is 5.95 Å². The van der Waals surface area contributed by atoms with Gasteiger partial charge < -0.3 is 24.6 Å². The summed E-state index contributed by atoms with van der Waals surface area (Å²) in [4.78, 5) is 17.7. The van der Waals surface area contributed by atoms with Crippen LogP contribution in [0, 0.1) is 0 Å². The minimum atomic E-state index is -0.116. The van der Waals surface area contributed by atoms with E-state index in [1.54, 1.807) is 26.6 Å². The number of benzene rings is 1. The van der Waals surface area contributed by atoms with Gasteiger partial charge in [-0.15, -0.1) is 0 Å². The SMILES string of the molecule is CN=C(NCC(C)(C)c1ccc(OC)c(OC)c1)N1CCN(c2ncccn2)CC1. The van der Waals surface area contributed by atoms with Gasteiger partial charge in [-0.25, -0.2) is 9.97 Å². The lowest BCUT2D eigenvalue weighted by Crippen LogP contribution is -2.54. The summed E-state index contributed by atoms with van der Waals surface area (Å²) >= 11 is 0. The Morgan fingerprint density at radius 1 is 1.07 bits per heavy atom. The van der Waals surface area contributed by atoms with Crippen molar-refractivity contribution in [3.8, 4) is 11.5 Å². The molecule has 0 amide bonds. The molecule has 1 fully saturated rings. The second kappa shape index (κ2) is 9.65. The zero-order valence-electron chi connectivity index (χ0n) is 18.6. The maximum absolute atomic E-state index is 5.47. The van der Waals surface area contributed by atoms with Crippen LogP contribution in [0.25, 0.3) is 0 Å². The lowest BCUT2D eigenvalue weighted by Gasteiger charge is -2.37. The fourth-order valence-corrected chi connectivity index (χ4v) is 3.56. The van der Waals surface area contributed by atoms with Crippen molar-refractivity contribution in [1.29, 1.82) is 0 Å². The third kappa shape index (κ3) is 4.93. The molecule has 3 rings (SSSR count). The van der Waals surface area contributed by atoms with Crippen molar-refractivity contribution in [3.05, 3.63) is 42.2 Å². The first kappa shape index (κ1) is 21.7. The van der Waals surface area contributed by atoms with Gasteiger partial charge in [-0.2, -0.15) is 0 Å². The second-order valence-electron chi connectivity index (χ2n) is 7.88. The molecule has 0 saturated carbocycles. The molecule has 1 saturated heterocycles. The van der Waals surface area contributed by atoms with Gasteiger partial charge in [0.1, 0.15) is 0 Å². The molecule has 1 N–H and O–H groups in total. The van der Waals surface area contributed by atoms with Crippen LogP contribution in [0.1, 0.15) is 19.4 Å². The zero-order chi connectivity index (χ0) is 21.6. The summed E-state index contributed by atoms with van der Waals surface area (Å²) in [5.41, 5.74) is 1.06. The van der Waals surface area contributed by atoms with E-state index in [2.05, 4.69) is 50.0 Å². The maximum Gasteiger partial charge on any atom is 0.225 e. The molecule has 1 aromatic heterocycles. The average Bonchev–Trinajstić information content (AvgIpc) is 2.80. The van der Waals surface area contributed by atoms with E-state index >= 15 is 0 Å². The molecule has 30 heavy (non-hydrogen) atoms. The van der Waals surface area contributed by atoms with E-state index in [-0.39, 0.29) is 5.41 Å². The highest BCUT2D eigenvalue weighted by molar-refractivity contribution is 5.80. The highest BCUT2D eigenvalue weighted by atomic mass is 16.5. The highest BCUT2D eigenvalue weighted by Crippen LogP contribution is 2.32. The molecule has 0 atom stereocenters. The van der Waals surface area contributed by atoms with E-state index in [9.17, 15) is 0 Å². The van der Waals surface area contributed by atoms with Crippen LogP contribution >= 0.6 is 0 Å². The predicted octanol–water partition coefficient (Wildman–Crippen LogP) is 2.17. The first-order valence-corrected chi connectivity index (χ1v) is 10.2. The maximum atomic E-state index is 5.47. The Bertz CT molecular complexity index is 848. The van der Waals surface area contributed by atoms with E-state index in [0.29, 0.717) is 0 Å². The van der Waals surface area contributed by atoms with Crippen LogP contribution in [0.15, 0.2) is 41.7 Å². The van der Waals surface area contributed by atoms with Gasteiger partial charge in [0.25, 0.3) is 0 Å². The first-order chi connectivity index (χ1) is 14.5. The summed E-state index contributed by atoms with van der Waals surface area (Å²) in [6.07, 6.45) is 3.57. The summed E-state index contributed by atoms with van der Waals surface area (Å²) in [6.45, 7) is 8.63. The summed E-state index contributed by atoms with van der Waals surface area (Å²) in [6, 6.07) is 7.92. The number of aromatic nitrogens is 2.